The van der Waals surface area contributed by atoms with E-state index in [0.717, 1.165) is 28.2 Å². The first-order valence-electron chi connectivity index (χ1n) is 8.38. The first kappa shape index (κ1) is 15.5. The molecule has 25 heavy (non-hydrogen) atoms. The molecule has 0 atom stereocenters. The monoisotopic (exact) mass is 329 g/mol. The second-order valence-electron chi connectivity index (χ2n) is 6.29. The van der Waals surface area contributed by atoms with E-state index in [-0.39, 0.29) is 11.8 Å². The van der Waals surface area contributed by atoms with Gasteiger partial charge in [0, 0.05) is 24.7 Å². The number of para-hydroxylation sites is 2. The average Bonchev–Trinajstić information content (AvgIpc) is 2.66. The minimum atomic E-state index is -0.338. The maximum Gasteiger partial charge on any atom is 0.234 e. The van der Waals surface area contributed by atoms with Crippen LogP contribution in [0.3, 0.4) is 0 Å². The number of ether oxygens (including phenoxy) is 1. The van der Waals surface area contributed by atoms with Gasteiger partial charge in [0.1, 0.15) is 11.5 Å². The van der Waals surface area contributed by atoms with E-state index in [1.54, 1.807) is 4.90 Å². The summed E-state index contributed by atoms with van der Waals surface area (Å²) in [5, 5.41) is 0. The normalized spacial score (nSPS) is 12.7. The Kier molecular flexibility index (Phi) is 3.98. The van der Waals surface area contributed by atoms with Crippen LogP contribution in [0.2, 0.25) is 0 Å². The molecule has 3 aromatic carbocycles. The van der Waals surface area contributed by atoms with Crippen molar-refractivity contribution < 1.29 is 9.53 Å². The zero-order valence-corrected chi connectivity index (χ0v) is 14.1. The van der Waals surface area contributed by atoms with Gasteiger partial charge in [0.25, 0.3) is 0 Å². The molecule has 0 spiro atoms. The first-order valence-corrected chi connectivity index (χ1v) is 8.38. The van der Waals surface area contributed by atoms with Crippen molar-refractivity contribution in [3.8, 4) is 11.5 Å². The Hall–Kier alpha value is -3.07. The molecule has 0 N–H and O–H groups in total. The molecule has 0 saturated carbocycles. The number of carbonyl (C=O) groups is 1. The molecule has 1 aliphatic rings. The van der Waals surface area contributed by atoms with Crippen LogP contribution in [-0.2, 0) is 11.3 Å². The standard InChI is InChI=1S/C22H19NO2/c1-23(15-16-9-3-2-4-10-16)22(24)21-17-11-5-7-13-19(17)25-20-14-8-6-12-18(20)21/h2-14,21H,15H2,1H3. The van der Waals surface area contributed by atoms with Crippen molar-refractivity contribution in [1.82, 2.24) is 4.90 Å². The lowest BCUT2D eigenvalue weighted by molar-refractivity contribution is -0.131. The Balaban J connectivity index is 1.70. The number of hydrogen-bond acceptors (Lipinski definition) is 2. The van der Waals surface area contributed by atoms with Gasteiger partial charge in [0.2, 0.25) is 5.91 Å². The van der Waals surface area contributed by atoms with Crippen molar-refractivity contribution >= 4 is 5.91 Å². The SMILES string of the molecule is CN(Cc1ccccc1)C(=O)C1c2ccccc2Oc2ccccc21. The molecule has 0 saturated heterocycles. The Morgan fingerprint density at radius 1 is 0.840 bits per heavy atom. The van der Waals surface area contributed by atoms with E-state index in [4.69, 9.17) is 4.74 Å². The summed E-state index contributed by atoms with van der Waals surface area (Å²) in [4.78, 5) is 15.1. The van der Waals surface area contributed by atoms with Gasteiger partial charge >= 0.3 is 0 Å². The van der Waals surface area contributed by atoms with Crippen molar-refractivity contribution in [1.29, 1.82) is 0 Å². The molecule has 124 valence electrons. The van der Waals surface area contributed by atoms with Crippen LogP contribution in [0.1, 0.15) is 22.6 Å². The molecule has 0 unspecified atom stereocenters. The minimum absolute atomic E-state index is 0.0760. The lowest BCUT2D eigenvalue weighted by Gasteiger charge is -2.30. The summed E-state index contributed by atoms with van der Waals surface area (Å²) in [6.45, 7) is 0.585. The van der Waals surface area contributed by atoms with Crippen LogP contribution in [0.5, 0.6) is 11.5 Å². The van der Waals surface area contributed by atoms with Crippen LogP contribution in [0, 0.1) is 0 Å². The fourth-order valence-electron chi connectivity index (χ4n) is 3.33. The molecule has 0 radical (unpaired) electrons. The lowest BCUT2D eigenvalue weighted by atomic mass is 9.87. The highest BCUT2D eigenvalue weighted by molar-refractivity contribution is 5.89. The van der Waals surface area contributed by atoms with Crippen molar-refractivity contribution in [3.05, 3.63) is 95.6 Å². The zero-order valence-electron chi connectivity index (χ0n) is 14.1. The van der Waals surface area contributed by atoms with E-state index < -0.39 is 0 Å². The van der Waals surface area contributed by atoms with Gasteiger partial charge in [0.05, 0.1) is 5.92 Å². The molecule has 3 nitrogen and oxygen atoms in total. The Morgan fingerprint density at radius 2 is 1.36 bits per heavy atom. The third-order valence-corrected chi connectivity index (χ3v) is 4.57. The van der Waals surface area contributed by atoms with Crippen molar-refractivity contribution in [3.63, 3.8) is 0 Å². The van der Waals surface area contributed by atoms with Crippen molar-refractivity contribution in [2.75, 3.05) is 7.05 Å². The van der Waals surface area contributed by atoms with Gasteiger partial charge in [-0.1, -0.05) is 66.7 Å². The maximum atomic E-state index is 13.3. The molecule has 0 bridgehead atoms. The number of nitrogens with zero attached hydrogens (tertiary/aromatic N) is 1. The van der Waals surface area contributed by atoms with Crippen LogP contribution in [0.25, 0.3) is 0 Å². The van der Waals surface area contributed by atoms with Gasteiger partial charge in [0.15, 0.2) is 0 Å². The highest BCUT2D eigenvalue weighted by Gasteiger charge is 2.33. The number of rotatable bonds is 3. The second-order valence-corrected chi connectivity index (χ2v) is 6.29. The lowest BCUT2D eigenvalue weighted by Crippen LogP contribution is -2.33. The zero-order chi connectivity index (χ0) is 17.2. The average molecular weight is 329 g/mol. The quantitative estimate of drug-likeness (QED) is 0.704. The summed E-state index contributed by atoms with van der Waals surface area (Å²) < 4.78 is 5.99. The number of likely N-dealkylation sites (N-methyl/N-ethyl adjacent to an activating group) is 1. The van der Waals surface area contributed by atoms with Crippen LogP contribution in [0.4, 0.5) is 0 Å². The fraction of sp³-hybridized carbons (Fsp3) is 0.136. The third kappa shape index (κ3) is 2.89. The smallest absolute Gasteiger partial charge is 0.234 e. The summed E-state index contributed by atoms with van der Waals surface area (Å²) in [5.41, 5.74) is 2.96. The fourth-order valence-corrected chi connectivity index (χ4v) is 3.33. The van der Waals surface area contributed by atoms with Gasteiger partial charge < -0.3 is 9.64 Å². The molecule has 0 aromatic heterocycles. The van der Waals surface area contributed by atoms with E-state index in [1.807, 2.05) is 85.9 Å². The molecular formula is C22H19NO2. The van der Waals surface area contributed by atoms with E-state index in [2.05, 4.69) is 0 Å². The molecule has 1 aliphatic heterocycles. The highest BCUT2D eigenvalue weighted by atomic mass is 16.5. The largest absolute Gasteiger partial charge is 0.457 e. The summed E-state index contributed by atoms with van der Waals surface area (Å²) in [5.74, 6) is 1.25. The summed E-state index contributed by atoms with van der Waals surface area (Å²) in [6, 6.07) is 25.6. The van der Waals surface area contributed by atoms with Gasteiger partial charge in [-0.15, -0.1) is 0 Å². The number of fused-ring (bicyclic) bond motifs is 2. The molecule has 3 heteroatoms. The predicted octanol–water partition coefficient (Wildman–Crippen LogP) is 4.58. The summed E-state index contributed by atoms with van der Waals surface area (Å²) >= 11 is 0. The maximum absolute atomic E-state index is 13.3. The Bertz CT molecular complexity index is 859. The second kappa shape index (κ2) is 6.44. The van der Waals surface area contributed by atoms with E-state index in [1.165, 1.54) is 0 Å². The van der Waals surface area contributed by atoms with Crippen LogP contribution < -0.4 is 4.74 Å². The van der Waals surface area contributed by atoms with Gasteiger partial charge in [-0.05, 0) is 17.7 Å². The van der Waals surface area contributed by atoms with Gasteiger partial charge in [-0.25, -0.2) is 0 Å². The molecular weight excluding hydrogens is 310 g/mol. The van der Waals surface area contributed by atoms with E-state index in [0.29, 0.717) is 6.54 Å². The highest BCUT2D eigenvalue weighted by Crippen LogP contribution is 2.44. The molecule has 0 aliphatic carbocycles. The van der Waals surface area contributed by atoms with Crippen LogP contribution in [0.15, 0.2) is 78.9 Å². The number of carbonyl (C=O) groups excluding carboxylic acids is 1. The molecule has 0 fully saturated rings. The molecule has 4 rings (SSSR count). The van der Waals surface area contributed by atoms with Crippen molar-refractivity contribution in [2.24, 2.45) is 0 Å². The molecule has 1 amide bonds. The van der Waals surface area contributed by atoms with Gasteiger partial charge in [-0.3, -0.25) is 4.79 Å². The predicted molar refractivity (Wildman–Crippen MR) is 97.7 cm³/mol. The van der Waals surface area contributed by atoms with Gasteiger partial charge in [-0.2, -0.15) is 0 Å². The van der Waals surface area contributed by atoms with E-state index >= 15 is 0 Å². The topological polar surface area (TPSA) is 29.5 Å². The van der Waals surface area contributed by atoms with E-state index in [9.17, 15) is 4.79 Å². The molecule has 1 heterocycles. The minimum Gasteiger partial charge on any atom is -0.457 e. The third-order valence-electron chi connectivity index (χ3n) is 4.57. The Morgan fingerprint density at radius 3 is 1.96 bits per heavy atom. The summed E-state index contributed by atoms with van der Waals surface area (Å²) in [6.07, 6.45) is 0. The van der Waals surface area contributed by atoms with Crippen LogP contribution in [-0.4, -0.2) is 17.9 Å². The number of benzene rings is 3. The summed E-state index contributed by atoms with van der Waals surface area (Å²) in [7, 11) is 1.86. The Labute approximate surface area is 147 Å². The number of hydrogen-bond donors (Lipinski definition) is 0. The first-order chi connectivity index (χ1) is 12.2. The van der Waals surface area contributed by atoms with Crippen molar-refractivity contribution in [2.45, 2.75) is 12.5 Å². The van der Waals surface area contributed by atoms with Crippen LogP contribution >= 0.6 is 0 Å². The molecule has 3 aromatic rings. The number of amides is 1.